The summed E-state index contributed by atoms with van der Waals surface area (Å²) in [6.07, 6.45) is -7.61. The Morgan fingerprint density at radius 3 is 2.07 bits per heavy atom. The smallest absolute Gasteiger partial charge is 0.403 e. The van der Waals surface area contributed by atoms with E-state index in [1.165, 1.54) is 6.92 Å². The van der Waals surface area contributed by atoms with Crippen LogP contribution in [0.1, 0.15) is 6.92 Å². The van der Waals surface area contributed by atoms with E-state index < -0.39 is 36.9 Å². The minimum atomic E-state index is -4.88. The van der Waals surface area contributed by atoms with Crippen molar-refractivity contribution < 1.29 is 36.3 Å². The molecule has 3 nitrogen and oxygen atoms in total. The van der Waals surface area contributed by atoms with Crippen molar-refractivity contribution in [1.82, 2.24) is 0 Å². The maximum absolute atomic E-state index is 12.6. The van der Waals surface area contributed by atoms with Crippen LogP contribution < -0.4 is 0 Å². The largest absolute Gasteiger partial charge is 0.461 e. The summed E-state index contributed by atoms with van der Waals surface area (Å²) in [4.78, 5) is 20.8. The van der Waals surface area contributed by atoms with Gasteiger partial charge in [-0.1, -0.05) is 0 Å². The van der Waals surface area contributed by atoms with Crippen LogP contribution in [0.15, 0.2) is 0 Å². The molecule has 0 aliphatic heterocycles. The van der Waals surface area contributed by atoms with Crippen molar-refractivity contribution in [3.8, 4) is 0 Å². The van der Waals surface area contributed by atoms with Crippen molar-refractivity contribution >= 4 is 11.8 Å². The van der Waals surface area contributed by atoms with E-state index in [1.54, 1.807) is 0 Å². The van der Waals surface area contributed by atoms with Crippen LogP contribution in [0.3, 0.4) is 0 Å². The molecule has 0 saturated carbocycles. The first kappa shape index (κ1) is 13.8. The van der Waals surface area contributed by atoms with E-state index in [0.717, 1.165) is 0 Å². The van der Waals surface area contributed by atoms with E-state index in [-0.39, 0.29) is 0 Å². The van der Waals surface area contributed by atoms with Crippen molar-refractivity contribution in [2.75, 3.05) is 6.61 Å². The monoisotopic (exact) mass is 234 g/mol. The van der Waals surface area contributed by atoms with Gasteiger partial charge in [0, 0.05) is 0 Å². The molecule has 0 saturated heterocycles. The molecule has 0 radical (unpaired) electrons. The van der Waals surface area contributed by atoms with Crippen molar-refractivity contribution in [3.05, 3.63) is 0 Å². The molecule has 0 aliphatic carbocycles. The highest BCUT2D eigenvalue weighted by atomic mass is 19.3. The number of hydrogen-bond donors (Lipinski definition) is 0. The highest BCUT2D eigenvalue weighted by molar-refractivity contribution is 6.07. The first-order chi connectivity index (χ1) is 6.75. The predicted molar refractivity (Wildman–Crippen MR) is 37.5 cm³/mol. The van der Waals surface area contributed by atoms with Crippen LogP contribution in [0.2, 0.25) is 0 Å². The van der Waals surface area contributed by atoms with Crippen LogP contribution in [0.5, 0.6) is 0 Å². The van der Waals surface area contributed by atoms with Crippen LogP contribution in [-0.4, -0.2) is 36.9 Å². The van der Waals surface area contributed by atoms with Gasteiger partial charge >= 0.3 is 11.9 Å². The maximum Gasteiger partial charge on any atom is 0.403 e. The Bertz CT molecular complexity index is 253. The lowest BCUT2D eigenvalue weighted by atomic mass is 10.1. The summed E-state index contributed by atoms with van der Waals surface area (Å²) in [6.45, 7) is 0.686. The Morgan fingerprint density at radius 2 is 1.73 bits per heavy atom. The molecule has 0 aromatic carbocycles. The van der Waals surface area contributed by atoms with Gasteiger partial charge < -0.3 is 4.74 Å². The van der Waals surface area contributed by atoms with E-state index in [4.69, 9.17) is 0 Å². The van der Waals surface area contributed by atoms with Crippen LogP contribution in [0, 0.1) is 0 Å². The van der Waals surface area contributed by atoms with Gasteiger partial charge in [0.05, 0.1) is 6.61 Å². The molecule has 0 fully saturated rings. The average Bonchev–Trinajstić information content (AvgIpc) is 2.15. The number of esters is 1. The zero-order valence-electron chi connectivity index (χ0n) is 7.48. The van der Waals surface area contributed by atoms with Gasteiger partial charge in [0.1, 0.15) is 0 Å². The van der Waals surface area contributed by atoms with Crippen LogP contribution in [0.25, 0.3) is 0 Å². The van der Waals surface area contributed by atoms with Gasteiger partial charge in [0.15, 0.2) is 0 Å². The second-order valence-corrected chi connectivity index (χ2v) is 2.40. The van der Waals surface area contributed by atoms with E-state index in [9.17, 15) is 31.5 Å². The molecule has 0 heterocycles. The highest BCUT2D eigenvalue weighted by Crippen LogP contribution is 2.22. The molecule has 0 amide bonds. The van der Waals surface area contributed by atoms with Crippen LogP contribution in [0.4, 0.5) is 22.0 Å². The van der Waals surface area contributed by atoms with Gasteiger partial charge in [-0.25, -0.2) is 18.0 Å². The zero-order chi connectivity index (χ0) is 12.2. The molecule has 1 unspecified atom stereocenters. The Kier molecular flexibility index (Phi) is 4.63. The highest BCUT2D eigenvalue weighted by Gasteiger charge is 2.54. The number of ether oxygens (including phenoxy) is 1. The molecule has 88 valence electrons. The molecular weight excluding hydrogens is 227 g/mol. The summed E-state index contributed by atoms with van der Waals surface area (Å²) in [6, 6.07) is 0. The zero-order valence-corrected chi connectivity index (χ0v) is 7.48. The number of carbonyl (C=O) groups excluding carboxylic acids is 2. The molecule has 1 atom stereocenters. The fourth-order valence-corrected chi connectivity index (χ4v) is 0.610. The first-order valence-corrected chi connectivity index (χ1v) is 3.76. The van der Waals surface area contributed by atoms with Crippen molar-refractivity contribution in [2.24, 2.45) is 0 Å². The molecule has 0 rings (SSSR count). The van der Waals surface area contributed by atoms with E-state index in [1.807, 2.05) is 0 Å². The first-order valence-electron chi connectivity index (χ1n) is 3.76. The summed E-state index contributed by atoms with van der Waals surface area (Å²) in [5.41, 5.74) is 0. The summed E-state index contributed by atoms with van der Waals surface area (Å²) >= 11 is 0. The summed E-state index contributed by atoms with van der Waals surface area (Å²) < 4.78 is 64.3. The number of rotatable bonds is 5. The molecule has 0 aromatic rings. The Morgan fingerprint density at radius 1 is 1.27 bits per heavy atom. The van der Waals surface area contributed by atoms with Crippen LogP contribution >= 0.6 is 0 Å². The van der Waals surface area contributed by atoms with Gasteiger partial charge in [-0.15, -0.1) is 0 Å². The molecular formula is C7H7F5O3. The molecule has 0 N–H and O–H groups in total. The lowest BCUT2D eigenvalue weighted by Crippen LogP contribution is -2.46. The lowest BCUT2D eigenvalue weighted by molar-refractivity contribution is -0.180. The Hall–Kier alpha value is -1.21. The van der Waals surface area contributed by atoms with Gasteiger partial charge in [-0.05, 0) is 6.92 Å². The number of halogens is 5. The SMILES string of the molecule is CCOC(=O)C(F)(F)C(=O)C(F)C(F)F. The third-order valence-electron chi connectivity index (χ3n) is 1.31. The maximum atomic E-state index is 12.6. The van der Waals surface area contributed by atoms with Gasteiger partial charge in [-0.3, -0.25) is 4.79 Å². The number of Topliss-reactive ketones (excluding diaryl/α,β-unsaturated/α-hetero) is 1. The number of carbonyl (C=O) groups is 2. The summed E-state index contributed by atoms with van der Waals surface area (Å²) in [5.74, 6) is -10.0. The third kappa shape index (κ3) is 3.14. The Labute approximate surface area is 81.2 Å². The lowest BCUT2D eigenvalue weighted by Gasteiger charge is -2.15. The van der Waals surface area contributed by atoms with E-state index in [2.05, 4.69) is 4.74 Å². The van der Waals surface area contributed by atoms with Crippen molar-refractivity contribution in [2.45, 2.75) is 25.4 Å². The number of ketones is 1. The standard InChI is InChI=1S/C7H7F5O3/c1-2-15-6(14)7(11,12)4(13)3(8)5(9)10/h3,5H,2H2,1H3. The minimum Gasteiger partial charge on any atom is -0.461 e. The number of alkyl halides is 5. The second kappa shape index (κ2) is 5.04. The molecule has 0 aliphatic rings. The summed E-state index contributed by atoms with van der Waals surface area (Å²) in [7, 11) is 0. The Balaban J connectivity index is 4.72. The van der Waals surface area contributed by atoms with E-state index in [0.29, 0.717) is 0 Å². The topological polar surface area (TPSA) is 43.4 Å². The molecule has 15 heavy (non-hydrogen) atoms. The van der Waals surface area contributed by atoms with Gasteiger partial charge in [-0.2, -0.15) is 8.78 Å². The predicted octanol–water partition coefficient (Wildman–Crippen LogP) is 1.36. The molecule has 0 bridgehead atoms. The minimum absolute atomic E-state index is 0.479. The fourth-order valence-electron chi connectivity index (χ4n) is 0.610. The van der Waals surface area contributed by atoms with Crippen molar-refractivity contribution in [3.63, 3.8) is 0 Å². The van der Waals surface area contributed by atoms with Crippen molar-refractivity contribution in [1.29, 1.82) is 0 Å². The molecule has 0 spiro atoms. The average molecular weight is 234 g/mol. The number of hydrogen-bond acceptors (Lipinski definition) is 3. The van der Waals surface area contributed by atoms with Gasteiger partial charge in [0.25, 0.3) is 12.2 Å². The third-order valence-corrected chi connectivity index (χ3v) is 1.31. The second-order valence-electron chi connectivity index (χ2n) is 2.40. The van der Waals surface area contributed by atoms with Crippen LogP contribution in [-0.2, 0) is 14.3 Å². The summed E-state index contributed by atoms with van der Waals surface area (Å²) in [5, 5.41) is 0. The molecule has 8 heteroatoms. The van der Waals surface area contributed by atoms with E-state index >= 15 is 0 Å². The fraction of sp³-hybridized carbons (Fsp3) is 0.714. The normalized spacial score (nSPS) is 13.8. The van der Waals surface area contributed by atoms with Gasteiger partial charge in [0.2, 0.25) is 6.17 Å². The quantitative estimate of drug-likeness (QED) is 0.409. The molecule has 0 aromatic heterocycles.